The van der Waals surface area contributed by atoms with Gasteiger partial charge in [-0.25, -0.2) is 4.79 Å². The molecule has 2 N–H and O–H groups in total. The quantitative estimate of drug-likeness (QED) is 0.210. The number of carbonyl (C=O) groups is 2. The van der Waals surface area contributed by atoms with Gasteiger partial charge >= 0.3 is 11.9 Å². The number of para-hydroxylation sites is 1. The van der Waals surface area contributed by atoms with Gasteiger partial charge < -0.3 is 14.9 Å². The van der Waals surface area contributed by atoms with Gasteiger partial charge in [0, 0.05) is 6.42 Å². The maximum Gasteiger partial charge on any atom is 0.335 e. The van der Waals surface area contributed by atoms with Crippen LogP contribution in [0, 0.1) is 5.92 Å². The Balaban J connectivity index is 1.63. The van der Waals surface area contributed by atoms with Crippen LogP contribution in [0.1, 0.15) is 84.5 Å². The average molecular weight is 503 g/mol. The Kier molecular flexibility index (Phi) is 10.8. The van der Waals surface area contributed by atoms with Gasteiger partial charge in [-0.05, 0) is 78.0 Å². The molecule has 0 aliphatic heterocycles. The maximum atomic E-state index is 11.2. The molecule has 37 heavy (non-hydrogen) atoms. The summed E-state index contributed by atoms with van der Waals surface area (Å²) in [6.07, 6.45) is 5.27. The molecular weight excluding hydrogens is 464 g/mol. The van der Waals surface area contributed by atoms with Gasteiger partial charge in [-0.3, -0.25) is 4.79 Å². The van der Waals surface area contributed by atoms with E-state index in [0.29, 0.717) is 24.9 Å². The van der Waals surface area contributed by atoms with Crippen LogP contribution in [0.15, 0.2) is 72.8 Å². The molecule has 0 heterocycles. The Morgan fingerprint density at radius 1 is 0.811 bits per heavy atom. The summed E-state index contributed by atoms with van der Waals surface area (Å²) in [4.78, 5) is 22.1. The van der Waals surface area contributed by atoms with Gasteiger partial charge in [0.05, 0.1) is 5.56 Å². The average Bonchev–Trinajstić information content (AvgIpc) is 2.89. The molecule has 1 unspecified atom stereocenters. The predicted molar refractivity (Wildman–Crippen MR) is 146 cm³/mol. The van der Waals surface area contributed by atoms with Crippen LogP contribution in [0.4, 0.5) is 0 Å². The third kappa shape index (κ3) is 9.41. The molecule has 5 nitrogen and oxygen atoms in total. The van der Waals surface area contributed by atoms with E-state index in [2.05, 4.69) is 44.2 Å². The van der Waals surface area contributed by atoms with Crippen LogP contribution < -0.4 is 4.74 Å². The number of aromatic carboxylic acids is 1. The van der Waals surface area contributed by atoms with Crippen LogP contribution >= 0.6 is 0 Å². The highest BCUT2D eigenvalue weighted by Crippen LogP contribution is 2.26. The lowest BCUT2D eigenvalue weighted by atomic mass is 9.88. The van der Waals surface area contributed by atoms with E-state index in [9.17, 15) is 14.7 Å². The van der Waals surface area contributed by atoms with Crippen LogP contribution in [0.25, 0.3) is 0 Å². The highest BCUT2D eigenvalue weighted by Gasteiger charge is 2.14. The van der Waals surface area contributed by atoms with E-state index >= 15 is 0 Å². The summed E-state index contributed by atoms with van der Waals surface area (Å²) in [6, 6.07) is 23.8. The predicted octanol–water partition coefficient (Wildman–Crippen LogP) is 7.52. The van der Waals surface area contributed by atoms with Gasteiger partial charge in [-0.15, -0.1) is 0 Å². The van der Waals surface area contributed by atoms with E-state index in [0.717, 1.165) is 54.5 Å². The normalized spacial score (nSPS) is 11.9. The fourth-order valence-electron chi connectivity index (χ4n) is 4.55. The Morgan fingerprint density at radius 2 is 1.49 bits per heavy atom. The number of benzene rings is 3. The molecular formula is C32H38O5. The van der Waals surface area contributed by atoms with E-state index in [1.54, 1.807) is 12.1 Å². The maximum absolute atomic E-state index is 11.2. The third-order valence-corrected chi connectivity index (χ3v) is 6.81. The molecule has 3 aromatic carbocycles. The largest absolute Gasteiger partial charge is 0.489 e. The molecule has 196 valence electrons. The molecule has 3 aromatic rings. The van der Waals surface area contributed by atoms with E-state index in [-0.39, 0.29) is 12.0 Å². The second-order valence-corrected chi connectivity index (χ2v) is 10.0. The second kappa shape index (κ2) is 14.2. The minimum atomic E-state index is -0.927. The van der Waals surface area contributed by atoms with Crippen LogP contribution in [0.2, 0.25) is 0 Å². The van der Waals surface area contributed by atoms with Crippen molar-refractivity contribution >= 4 is 11.9 Å². The first kappa shape index (κ1) is 28.0. The minimum Gasteiger partial charge on any atom is -0.489 e. The minimum absolute atomic E-state index is 0.189. The first-order chi connectivity index (χ1) is 17.8. The molecule has 0 aromatic heterocycles. The summed E-state index contributed by atoms with van der Waals surface area (Å²) in [7, 11) is 0. The molecule has 0 saturated heterocycles. The zero-order valence-corrected chi connectivity index (χ0v) is 21.9. The number of hydrogen-bond donors (Lipinski definition) is 2. The van der Waals surface area contributed by atoms with Crippen molar-refractivity contribution in [2.45, 2.75) is 71.3 Å². The number of ether oxygens (including phenoxy) is 1. The number of aliphatic carboxylic acids is 1. The van der Waals surface area contributed by atoms with E-state index in [1.165, 1.54) is 5.56 Å². The summed E-state index contributed by atoms with van der Waals surface area (Å²) in [5, 5.41) is 18.1. The van der Waals surface area contributed by atoms with E-state index < -0.39 is 11.9 Å². The highest BCUT2D eigenvalue weighted by atomic mass is 16.5. The zero-order chi connectivity index (χ0) is 26.6. The number of unbranched alkanes of at least 4 members (excludes halogenated alkanes) is 1. The lowest BCUT2D eigenvalue weighted by Crippen LogP contribution is -2.08. The molecule has 0 aliphatic rings. The Labute approximate surface area is 220 Å². The summed E-state index contributed by atoms with van der Waals surface area (Å²) < 4.78 is 6.21. The summed E-state index contributed by atoms with van der Waals surface area (Å²) >= 11 is 0. The summed E-state index contributed by atoms with van der Waals surface area (Å²) in [5.74, 6) is 0.0739. The summed E-state index contributed by atoms with van der Waals surface area (Å²) in [6.45, 7) is 4.89. The number of aryl methyl sites for hydroxylation is 1. The molecule has 3 rings (SSSR count). The molecule has 0 saturated carbocycles. The Hall–Kier alpha value is -3.60. The molecule has 0 aliphatic carbocycles. The number of hydrogen-bond acceptors (Lipinski definition) is 3. The fourth-order valence-corrected chi connectivity index (χ4v) is 4.55. The van der Waals surface area contributed by atoms with Crippen LogP contribution in [0.3, 0.4) is 0 Å². The SMILES string of the molecule is CC(C)c1ccc(COc2ccccc2CCC(CCCCC(=O)O)Cc2ccc(C(=O)O)cc2)cc1. The molecule has 0 amide bonds. The van der Waals surface area contributed by atoms with Crippen LogP contribution in [-0.4, -0.2) is 22.2 Å². The smallest absolute Gasteiger partial charge is 0.335 e. The molecule has 0 radical (unpaired) electrons. The Bertz CT molecular complexity index is 1130. The number of carboxylic acids is 2. The van der Waals surface area contributed by atoms with E-state index in [4.69, 9.17) is 9.84 Å². The van der Waals surface area contributed by atoms with Gasteiger partial charge in [0.25, 0.3) is 0 Å². The van der Waals surface area contributed by atoms with Gasteiger partial charge in [0.15, 0.2) is 0 Å². The van der Waals surface area contributed by atoms with E-state index in [1.807, 2.05) is 30.3 Å². The lowest BCUT2D eigenvalue weighted by molar-refractivity contribution is -0.137. The first-order valence-corrected chi connectivity index (χ1v) is 13.2. The summed E-state index contributed by atoms with van der Waals surface area (Å²) in [5.41, 5.74) is 5.00. The fraction of sp³-hybridized carbons (Fsp3) is 0.375. The van der Waals surface area contributed by atoms with Gasteiger partial charge in [0.1, 0.15) is 12.4 Å². The molecule has 5 heteroatoms. The van der Waals surface area contributed by atoms with Crippen molar-refractivity contribution in [1.29, 1.82) is 0 Å². The molecule has 1 atom stereocenters. The molecule has 0 fully saturated rings. The first-order valence-electron chi connectivity index (χ1n) is 13.2. The van der Waals surface area contributed by atoms with Crippen LogP contribution in [-0.2, 0) is 24.2 Å². The van der Waals surface area contributed by atoms with Crippen molar-refractivity contribution in [3.8, 4) is 5.75 Å². The standard InChI is InChI=1S/C32H38O5/c1-23(2)27-16-14-26(15-17-27)22-37-30-9-5-4-8-28(30)18-11-24(7-3-6-10-31(33)34)21-25-12-19-29(20-13-25)32(35)36/h4-5,8-9,12-17,19-20,23-24H,3,6-7,10-11,18,21-22H2,1-2H3,(H,33,34)(H,35,36). The molecule has 0 spiro atoms. The van der Waals surface area contributed by atoms with Crippen LogP contribution in [0.5, 0.6) is 5.75 Å². The zero-order valence-electron chi connectivity index (χ0n) is 21.9. The van der Waals surface area contributed by atoms with Crippen molar-refractivity contribution in [2.24, 2.45) is 5.92 Å². The molecule has 0 bridgehead atoms. The van der Waals surface area contributed by atoms with Crippen molar-refractivity contribution in [2.75, 3.05) is 0 Å². The Morgan fingerprint density at radius 3 is 2.14 bits per heavy atom. The van der Waals surface area contributed by atoms with Gasteiger partial charge in [-0.1, -0.05) is 81.3 Å². The van der Waals surface area contributed by atoms with Crippen molar-refractivity contribution in [3.05, 3.63) is 101 Å². The van der Waals surface area contributed by atoms with Crippen molar-refractivity contribution in [1.82, 2.24) is 0 Å². The van der Waals surface area contributed by atoms with Crippen molar-refractivity contribution in [3.63, 3.8) is 0 Å². The highest BCUT2D eigenvalue weighted by molar-refractivity contribution is 5.87. The van der Waals surface area contributed by atoms with Gasteiger partial charge in [0.2, 0.25) is 0 Å². The van der Waals surface area contributed by atoms with Gasteiger partial charge in [-0.2, -0.15) is 0 Å². The number of carboxylic acid groups (broad SMARTS) is 2. The lowest BCUT2D eigenvalue weighted by Gasteiger charge is -2.19. The number of rotatable bonds is 15. The van der Waals surface area contributed by atoms with Crippen molar-refractivity contribution < 1.29 is 24.5 Å². The topological polar surface area (TPSA) is 83.8 Å². The second-order valence-electron chi connectivity index (χ2n) is 10.0. The third-order valence-electron chi connectivity index (χ3n) is 6.81. The monoisotopic (exact) mass is 502 g/mol.